The van der Waals surface area contributed by atoms with Crippen molar-refractivity contribution < 1.29 is 27.5 Å². The Morgan fingerprint density at radius 3 is 2.22 bits per heavy atom. The predicted molar refractivity (Wildman–Crippen MR) is 208 cm³/mol. The molecule has 0 saturated carbocycles. The lowest BCUT2D eigenvalue weighted by Gasteiger charge is -2.39. The topological polar surface area (TPSA) is 103 Å². The number of piperidine rings is 1. The van der Waals surface area contributed by atoms with Crippen LogP contribution < -0.4 is 20.4 Å². The molecule has 0 bridgehead atoms. The van der Waals surface area contributed by atoms with Gasteiger partial charge in [0.05, 0.1) is 5.69 Å². The molecular formula is C41H50F3N7O3. The first-order valence-electron chi connectivity index (χ1n) is 18.0. The molecule has 3 aromatic carbocycles. The molecule has 0 atom stereocenters. The van der Waals surface area contributed by atoms with Gasteiger partial charge >= 0.3 is 0 Å². The Hall–Kier alpha value is -5.43. The Morgan fingerprint density at radius 1 is 1.02 bits per heavy atom. The largest absolute Gasteiger partial charge is 0.474 e. The summed E-state index contributed by atoms with van der Waals surface area (Å²) >= 11 is 0. The van der Waals surface area contributed by atoms with E-state index in [1.165, 1.54) is 30.3 Å². The van der Waals surface area contributed by atoms with Crippen molar-refractivity contribution in [2.24, 2.45) is 0 Å². The molecule has 1 fully saturated rings. The van der Waals surface area contributed by atoms with Crippen LogP contribution in [0.25, 0.3) is 11.3 Å². The van der Waals surface area contributed by atoms with Crippen LogP contribution in [0, 0.1) is 24.4 Å². The number of hydrogen-bond acceptors (Lipinski definition) is 8. The lowest BCUT2D eigenvalue weighted by molar-refractivity contribution is -0.106. The molecule has 4 aromatic rings. The Bertz CT molecular complexity index is 1920. The number of benzene rings is 3. The van der Waals surface area contributed by atoms with Gasteiger partial charge in [-0.3, -0.25) is 14.5 Å². The first-order chi connectivity index (χ1) is 25.7. The smallest absolute Gasteiger partial charge is 0.255 e. The number of aryl methyl sites for hydroxylation is 1. The molecule has 1 aliphatic heterocycles. The quantitative estimate of drug-likeness (QED) is 0.110. The van der Waals surface area contributed by atoms with Crippen LogP contribution in [0.2, 0.25) is 0 Å². The maximum Gasteiger partial charge on any atom is 0.255 e. The number of nitrogens with one attached hydrogen (secondary N) is 2. The third-order valence-corrected chi connectivity index (χ3v) is 8.81. The molecular weight excluding hydrogens is 695 g/mol. The third kappa shape index (κ3) is 9.75. The number of carbonyl (C=O) groups excluding carboxylic acids is 2. The molecule has 54 heavy (non-hydrogen) atoms. The van der Waals surface area contributed by atoms with Gasteiger partial charge in [0.1, 0.15) is 28.7 Å². The van der Waals surface area contributed by atoms with Crippen LogP contribution in [0.15, 0.2) is 73.1 Å². The van der Waals surface area contributed by atoms with Crippen LogP contribution >= 0.6 is 0 Å². The van der Waals surface area contributed by atoms with Crippen molar-refractivity contribution in [2.75, 3.05) is 42.3 Å². The molecule has 0 spiro atoms. The second kappa shape index (κ2) is 18.1. The molecule has 2 amide bonds. The molecule has 0 unspecified atom stereocenters. The fourth-order valence-corrected chi connectivity index (χ4v) is 6.13. The van der Waals surface area contributed by atoms with Crippen molar-refractivity contribution in [1.82, 2.24) is 20.2 Å². The molecule has 0 aliphatic carbocycles. The number of anilines is 4. The van der Waals surface area contributed by atoms with Crippen LogP contribution in [-0.4, -0.2) is 66.0 Å². The maximum absolute atomic E-state index is 15.3. The number of halogens is 3. The minimum absolute atomic E-state index is 0.0138. The number of ether oxygens (including phenoxy) is 1. The molecule has 1 aliphatic rings. The van der Waals surface area contributed by atoms with E-state index < -0.39 is 34.6 Å². The van der Waals surface area contributed by atoms with Crippen molar-refractivity contribution in [3.63, 3.8) is 0 Å². The standard InChI is InChI=1S/C39H44F3N7O3.C2H6/c1-24-11-12-26(37(51)44-28-15-13-27(40)14-16-28)21-30(24)34-31(22-43-6)36(49(23-50)35-32(41)9-8-10-33(35)42)46-38(45-34)48-19-17-29(18-20-48)47(7)25(2)52-39(3,4)5;1-2/h8-16,21,23,29,43H,2,17-20,22H2,1,3-7H3,(H,44,51);1-2H3. The summed E-state index contributed by atoms with van der Waals surface area (Å²) in [6.45, 7) is 17.0. The number of aromatic nitrogens is 2. The van der Waals surface area contributed by atoms with Crippen LogP contribution in [0.5, 0.6) is 0 Å². The van der Waals surface area contributed by atoms with Crippen LogP contribution in [0.1, 0.15) is 68.9 Å². The molecule has 1 aromatic heterocycles. The minimum atomic E-state index is -0.943. The highest BCUT2D eigenvalue weighted by Gasteiger charge is 2.31. The molecule has 288 valence electrons. The van der Waals surface area contributed by atoms with E-state index in [4.69, 9.17) is 14.7 Å². The highest BCUT2D eigenvalue weighted by Crippen LogP contribution is 2.38. The Kier molecular flexibility index (Phi) is 13.8. The zero-order valence-electron chi connectivity index (χ0n) is 32.3. The van der Waals surface area contributed by atoms with E-state index >= 15 is 8.78 Å². The minimum Gasteiger partial charge on any atom is -0.474 e. The van der Waals surface area contributed by atoms with E-state index in [1.807, 2.05) is 58.4 Å². The van der Waals surface area contributed by atoms with Gasteiger partial charge in [0, 0.05) is 55.1 Å². The van der Waals surface area contributed by atoms with Crippen molar-refractivity contribution in [2.45, 2.75) is 72.6 Å². The summed E-state index contributed by atoms with van der Waals surface area (Å²) < 4.78 is 50.0. The Morgan fingerprint density at radius 2 is 1.65 bits per heavy atom. The monoisotopic (exact) mass is 745 g/mol. The zero-order valence-corrected chi connectivity index (χ0v) is 32.3. The van der Waals surface area contributed by atoms with E-state index in [2.05, 4.69) is 17.2 Å². The molecule has 2 heterocycles. The summed E-state index contributed by atoms with van der Waals surface area (Å²) in [4.78, 5) is 40.9. The average molecular weight is 746 g/mol. The van der Waals surface area contributed by atoms with Gasteiger partial charge in [-0.15, -0.1) is 0 Å². The number of hydrogen-bond donors (Lipinski definition) is 2. The van der Waals surface area contributed by atoms with Crippen molar-refractivity contribution in [3.8, 4) is 11.3 Å². The fraction of sp³-hybridized carbons (Fsp3) is 0.366. The van der Waals surface area contributed by atoms with Crippen molar-refractivity contribution >= 4 is 35.5 Å². The summed E-state index contributed by atoms with van der Waals surface area (Å²) in [7, 11) is 3.63. The molecule has 5 rings (SSSR count). The van der Waals surface area contributed by atoms with Gasteiger partial charge in [-0.1, -0.05) is 26.0 Å². The van der Waals surface area contributed by atoms with E-state index in [1.54, 1.807) is 25.2 Å². The van der Waals surface area contributed by atoms with Gasteiger partial charge in [-0.2, -0.15) is 4.98 Å². The Labute approximate surface area is 316 Å². The summed E-state index contributed by atoms with van der Waals surface area (Å²) in [5, 5.41) is 5.85. The Balaban J connectivity index is 0.00000319. The van der Waals surface area contributed by atoms with Crippen molar-refractivity contribution in [1.29, 1.82) is 0 Å². The number of rotatable bonds is 12. The lowest BCUT2D eigenvalue weighted by atomic mass is 9.97. The summed E-state index contributed by atoms with van der Waals surface area (Å²) in [6.07, 6.45) is 1.73. The van der Waals surface area contributed by atoms with Gasteiger partial charge in [0.25, 0.3) is 5.91 Å². The zero-order chi connectivity index (χ0) is 39.7. The van der Waals surface area contributed by atoms with Gasteiger partial charge in [0.2, 0.25) is 12.4 Å². The van der Waals surface area contributed by atoms with E-state index in [-0.39, 0.29) is 29.9 Å². The van der Waals surface area contributed by atoms with Crippen LogP contribution in [0.4, 0.5) is 36.3 Å². The molecule has 13 heteroatoms. The average Bonchev–Trinajstić information content (AvgIpc) is 3.14. The molecule has 1 saturated heterocycles. The van der Waals surface area contributed by atoms with Crippen LogP contribution in [-0.2, 0) is 16.1 Å². The van der Waals surface area contributed by atoms with Crippen molar-refractivity contribution in [3.05, 3.63) is 107 Å². The second-order valence-corrected chi connectivity index (χ2v) is 13.7. The number of amides is 2. The number of carbonyl (C=O) groups is 2. The van der Waals surface area contributed by atoms with Gasteiger partial charge in [-0.25, -0.2) is 18.2 Å². The molecule has 2 N–H and O–H groups in total. The predicted octanol–water partition coefficient (Wildman–Crippen LogP) is 8.35. The number of nitrogens with zero attached hydrogens (tertiary/aromatic N) is 5. The fourth-order valence-electron chi connectivity index (χ4n) is 6.13. The van der Waals surface area contributed by atoms with E-state index in [0.29, 0.717) is 60.7 Å². The SMILES string of the molecule is C=C(OC(C)(C)C)N(C)C1CCN(c2nc(-c3cc(C(=O)Nc4ccc(F)cc4)ccc3C)c(CNC)c(N(C=O)c3c(F)cccc3F)n2)CC1.CC. The van der Waals surface area contributed by atoms with Gasteiger partial charge in [-0.05, 0) is 108 Å². The number of para-hydroxylation sites is 1. The summed E-state index contributed by atoms with van der Waals surface area (Å²) in [5.41, 5.74) is 1.77. The normalized spacial score (nSPS) is 13.1. The van der Waals surface area contributed by atoms with Gasteiger partial charge < -0.3 is 25.2 Å². The third-order valence-electron chi connectivity index (χ3n) is 8.81. The first-order valence-corrected chi connectivity index (χ1v) is 18.0. The highest BCUT2D eigenvalue weighted by molar-refractivity contribution is 6.05. The molecule has 10 nitrogen and oxygen atoms in total. The first kappa shape index (κ1) is 41.3. The summed E-state index contributed by atoms with van der Waals surface area (Å²) in [5.74, 6) is -1.96. The van der Waals surface area contributed by atoms with Crippen LogP contribution in [0.3, 0.4) is 0 Å². The second-order valence-electron chi connectivity index (χ2n) is 13.7. The van der Waals surface area contributed by atoms with Gasteiger partial charge in [0.15, 0.2) is 11.7 Å². The maximum atomic E-state index is 15.3. The lowest BCUT2D eigenvalue weighted by Crippen LogP contribution is -2.44. The summed E-state index contributed by atoms with van der Waals surface area (Å²) in [6, 6.07) is 14.0. The molecule has 0 radical (unpaired) electrons. The van der Waals surface area contributed by atoms with E-state index in [9.17, 15) is 14.0 Å². The highest BCUT2D eigenvalue weighted by atomic mass is 19.1. The van der Waals surface area contributed by atoms with E-state index in [0.717, 1.165) is 22.6 Å².